The molecule has 0 saturated heterocycles. The van der Waals surface area contributed by atoms with Crippen molar-refractivity contribution in [2.45, 2.75) is 89.9 Å². The first-order valence-electron chi connectivity index (χ1n) is 10.3. The van der Waals surface area contributed by atoms with Gasteiger partial charge in [0.05, 0.1) is 11.5 Å². The molecule has 2 atom stereocenters. The second-order valence-electron chi connectivity index (χ2n) is 7.66. The predicted octanol–water partition coefficient (Wildman–Crippen LogP) is 7.02. The molecule has 0 amide bonds. The molecule has 132 valence electrons. The monoisotopic (exact) mass is 325 g/mol. The van der Waals surface area contributed by atoms with Crippen molar-refractivity contribution in [2.24, 2.45) is 11.8 Å². The van der Waals surface area contributed by atoms with Crippen LogP contribution in [0.1, 0.15) is 90.0 Å². The maximum absolute atomic E-state index is 10.4. The van der Waals surface area contributed by atoms with Crippen molar-refractivity contribution in [3.8, 4) is 6.07 Å². The Morgan fingerprint density at radius 1 is 1.00 bits per heavy atom. The molecule has 1 fully saturated rings. The fourth-order valence-electron chi connectivity index (χ4n) is 4.91. The Morgan fingerprint density at radius 2 is 1.71 bits per heavy atom. The highest BCUT2D eigenvalue weighted by Gasteiger charge is 2.47. The van der Waals surface area contributed by atoms with E-state index in [1.54, 1.807) is 0 Å². The number of hydrogen-bond acceptors (Lipinski definition) is 1. The summed E-state index contributed by atoms with van der Waals surface area (Å²) >= 11 is 0. The summed E-state index contributed by atoms with van der Waals surface area (Å²) in [5.74, 6) is 1.06. The third-order valence-electron chi connectivity index (χ3n) is 6.12. The van der Waals surface area contributed by atoms with E-state index in [9.17, 15) is 5.26 Å². The van der Waals surface area contributed by atoms with Gasteiger partial charge in [-0.3, -0.25) is 0 Å². The van der Waals surface area contributed by atoms with Crippen LogP contribution in [0.15, 0.2) is 30.3 Å². The molecule has 0 aliphatic heterocycles. The van der Waals surface area contributed by atoms with E-state index in [-0.39, 0.29) is 5.41 Å². The van der Waals surface area contributed by atoms with Crippen LogP contribution >= 0.6 is 0 Å². The van der Waals surface area contributed by atoms with Crippen molar-refractivity contribution in [1.29, 1.82) is 5.26 Å². The minimum atomic E-state index is -0.264. The normalized spacial score (nSPS) is 18.9. The lowest BCUT2D eigenvalue weighted by atomic mass is 9.60. The van der Waals surface area contributed by atoms with Crippen LogP contribution < -0.4 is 0 Å². The molecule has 1 aliphatic rings. The molecule has 1 heteroatoms. The predicted molar refractivity (Wildman–Crippen MR) is 103 cm³/mol. The van der Waals surface area contributed by atoms with Crippen molar-refractivity contribution in [3.63, 3.8) is 0 Å². The fraction of sp³-hybridized carbons (Fsp3) is 0.696. The first-order valence-corrected chi connectivity index (χ1v) is 10.3. The van der Waals surface area contributed by atoms with Crippen LogP contribution in [-0.2, 0) is 5.41 Å². The van der Waals surface area contributed by atoms with Crippen molar-refractivity contribution < 1.29 is 0 Å². The molecule has 1 aromatic rings. The van der Waals surface area contributed by atoms with Gasteiger partial charge in [-0.1, -0.05) is 89.1 Å². The van der Waals surface area contributed by atoms with Gasteiger partial charge >= 0.3 is 0 Å². The number of nitrogens with zero attached hydrogens (tertiary/aromatic N) is 1. The zero-order valence-corrected chi connectivity index (χ0v) is 15.8. The molecule has 1 aromatic carbocycles. The lowest BCUT2D eigenvalue weighted by Gasteiger charge is -2.41. The number of hydrogen-bond donors (Lipinski definition) is 0. The van der Waals surface area contributed by atoms with Gasteiger partial charge in [0.2, 0.25) is 0 Å². The van der Waals surface area contributed by atoms with Gasteiger partial charge in [-0.15, -0.1) is 0 Å². The smallest absolute Gasteiger partial charge is 0.0878 e. The molecule has 24 heavy (non-hydrogen) atoms. The number of benzene rings is 1. The maximum atomic E-state index is 10.4. The summed E-state index contributed by atoms with van der Waals surface area (Å²) in [5.41, 5.74) is 1.02. The van der Waals surface area contributed by atoms with Gasteiger partial charge in [-0.2, -0.15) is 5.26 Å². The van der Waals surface area contributed by atoms with Crippen LogP contribution in [0.2, 0.25) is 0 Å². The minimum absolute atomic E-state index is 0.264. The van der Waals surface area contributed by atoms with Crippen LogP contribution in [0.4, 0.5) is 0 Å². The van der Waals surface area contributed by atoms with Gasteiger partial charge in [0.25, 0.3) is 0 Å². The minimum Gasteiger partial charge on any atom is -0.197 e. The Bertz CT molecular complexity index is 495. The Labute approximate surface area is 149 Å². The van der Waals surface area contributed by atoms with Gasteiger partial charge in [-0.25, -0.2) is 0 Å². The molecule has 1 nitrogen and oxygen atoms in total. The molecule has 1 saturated carbocycles. The van der Waals surface area contributed by atoms with Crippen molar-refractivity contribution in [1.82, 2.24) is 0 Å². The number of unbranched alkanes of at least 4 members (excludes halogenated alkanes) is 3. The highest BCUT2D eigenvalue weighted by atomic mass is 14.5. The summed E-state index contributed by atoms with van der Waals surface area (Å²) in [4.78, 5) is 0. The van der Waals surface area contributed by atoms with E-state index in [1.807, 2.05) is 0 Å². The third kappa shape index (κ3) is 4.21. The standard InChI is InChI=1S/C23H35N/c1-3-5-6-8-14-20(13-4-2)23(19-24,22-17-11-12-18-22)21-15-9-7-10-16-21/h7,9-10,15-16,20,22H,3-6,8,11-14,17-18H2,1-2H3. The molecule has 0 aromatic heterocycles. The van der Waals surface area contributed by atoms with Crippen molar-refractivity contribution in [3.05, 3.63) is 35.9 Å². The summed E-state index contributed by atoms with van der Waals surface area (Å²) in [6, 6.07) is 13.7. The second kappa shape index (κ2) is 9.87. The van der Waals surface area contributed by atoms with Gasteiger partial charge in [-0.05, 0) is 43.1 Å². The van der Waals surface area contributed by atoms with E-state index in [0.29, 0.717) is 11.8 Å². The first-order chi connectivity index (χ1) is 11.8. The van der Waals surface area contributed by atoms with Gasteiger partial charge in [0, 0.05) is 0 Å². The molecule has 2 unspecified atom stereocenters. The summed E-state index contributed by atoms with van der Waals surface area (Å²) in [7, 11) is 0. The van der Waals surface area contributed by atoms with Crippen LogP contribution in [-0.4, -0.2) is 0 Å². The van der Waals surface area contributed by atoms with E-state index in [1.165, 1.54) is 76.2 Å². The van der Waals surface area contributed by atoms with Gasteiger partial charge in [0.15, 0.2) is 0 Å². The first kappa shape index (κ1) is 19.0. The SMILES string of the molecule is CCCCCCC(CCC)C(C#N)(c1ccccc1)C1CCCC1. The van der Waals surface area contributed by atoms with E-state index in [2.05, 4.69) is 50.2 Å². The van der Waals surface area contributed by atoms with Crippen molar-refractivity contribution in [2.75, 3.05) is 0 Å². The summed E-state index contributed by atoms with van der Waals surface area (Å²) < 4.78 is 0. The van der Waals surface area contributed by atoms with E-state index >= 15 is 0 Å². The van der Waals surface area contributed by atoms with E-state index in [0.717, 1.165) is 0 Å². The Kier molecular flexibility index (Phi) is 7.83. The largest absolute Gasteiger partial charge is 0.197 e. The van der Waals surface area contributed by atoms with Crippen LogP contribution in [0.3, 0.4) is 0 Å². The van der Waals surface area contributed by atoms with Gasteiger partial charge < -0.3 is 0 Å². The highest BCUT2D eigenvalue weighted by molar-refractivity contribution is 5.35. The zero-order valence-electron chi connectivity index (χ0n) is 15.8. The van der Waals surface area contributed by atoms with E-state index in [4.69, 9.17) is 0 Å². The summed E-state index contributed by atoms with van der Waals surface area (Å²) in [6.07, 6.45) is 13.9. The number of nitriles is 1. The van der Waals surface area contributed by atoms with Gasteiger partial charge in [0.1, 0.15) is 0 Å². The molecule has 1 aliphatic carbocycles. The topological polar surface area (TPSA) is 23.8 Å². The average molecular weight is 326 g/mol. The molecule has 0 N–H and O–H groups in total. The Morgan fingerprint density at radius 3 is 2.29 bits per heavy atom. The van der Waals surface area contributed by atoms with E-state index < -0.39 is 0 Å². The number of rotatable bonds is 10. The Hall–Kier alpha value is -1.29. The molecule has 0 radical (unpaired) electrons. The molecular formula is C23H35N. The molecule has 2 rings (SSSR count). The fourth-order valence-corrected chi connectivity index (χ4v) is 4.91. The zero-order chi connectivity index (χ0) is 17.3. The van der Waals surface area contributed by atoms with Crippen LogP contribution in [0.5, 0.6) is 0 Å². The molecular weight excluding hydrogens is 290 g/mol. The third-order valence-corrected chi connectivity index (χ3v) is 6.12. The lowest BCUT2D eigenvalue weighted by molar-refractivity contribution is 0.203. The average Bonchev–Trinajstić information content (AvgIpc) is 3.15. The quantitative estimate of drug-likeness (QED) is 0.424. The molecule has 0 spiro atoms. The molecule has 0 heterocycles. The van der Waals surface area contributed by atoms with Crippen molar-refractivity contribution >= 4 is 0 Å². The highest BCUT2D eigenvalue weighted by Crippen LogP contribution is 2.49. The Balaban J connectivity index is 2.32. The molecule has 0 bridgehead atoms. The van der Waals surface area contributed by atoms with Crippen LogP contribution in [0.25, 0.3) is 0 Å². The summed E-state index contributed by atoms with van der Waals surface area (Å²) in [5, 5.41) is 10.4. The lowest BCUT2D eigenvalue weighted by Crippen LogP contribution is -2.40. The summed E-state index contributed by atoms with van der Waals surface area (Å²) in [6.45, 7) is 4.55. The maximum Gasteiger partial charge on any atom is 0.0878 e. The second-order valence-corrected chi connectivity index (χ2v) is 7.66. The van der Waals surface area contributed by atoms with Crippen LogP contribution in [0, 0.1) is 23.2 Å².